The first-order chi connectivity index (χ1) is 18.8. The molecule has 1 amide bonds. The lowest BCUT2D eigenvalue weighted by atomic mass is 9.80. The second-order valence-corrected chi connectivity index (χ2v) is 12.9. The molecule has 0 aliphatic heterocycles. The van der Waals surface area contributed by atoms with E-state index in [1.807, 2.05) is 26.0 Å². The largest absolute Gasteiger partial charge is 0.481 e. The van der Waals surface area contributed by atoms with Crippen LogP contribution in [0.1, 0.15) is 135 Å². The van der Waals surface area contributed by atoms with Gasteiger partial charge in [0.1, 0.15) is 11.6 Å². The minimum absolute atomic E-state index is 0.0233. The van der Waals surface area contributed by atoms with Gasteiger partial charge in [0.05, 0.1) is 11.4 Å². The molecule has 3 atom stereocenters. The van der Waals surface area contributed by atoms with E-state index >= 15 is 0 Å². The van der Waals surface area contributed by atoms with Crippen molar-refractivity contribution in [1.82, 2.24) is 10.5 Å². The van der Waals surface area contributed by atoms with Crippen molar-refractivity contribution in [2.45, 2.75) is 124 Å². The third-order valence-electron chi connectivity index (χ3n) is 8.13. The number of carbonyl (C=O) groups excluding carboxylic acids is 1. The predicted octanol–water partition coefficient (Wildman–Crippen LogP) is 8.98. The van der Waals surface area contributed by atoms with Gasteiger partial charge in [0.25, 0.3) is 0 Å². The molecule has 0 aromatic carbocycles. The van der Waals surface area contributed by atoms with Crippen molar-refractivity contribution in [3.05, 3.63) is 53.3 Å². The van der Waals surface area contributed by atoms with Crippen molar-refractivity contribution in [2.24, 2.45) is 17.3 Å². The predicted molar refractivity (Wildman–Crippen MR) is 158 cm³/mol. The minimum Gasteiger partial charge on any atom is -0.481 e. The van der Waals surface area contributed by atoms with Crippen LogP contribution in [0.2, 0.25) is 0 Å². The van der Waals surface area contributed by atoms with Crippen LogP contribution in [-0.4, -0.2) is 22.1 Å². The smallest absolute Gasteiger partial charge is 0.303 e. The number of allylic oxidation sites excluding steroid dienone is 4. The highest BCUT2D eigenvalue weighted by atomic mass is 19.1. The van der Waals surface area contributed by atoms with Gasteiger partial charge >= 0.3 is 5.97 Å². The standard InChI is InChI=1S/C29H43FN2O4.C4H8/c1-7-29(5,6)18-21-11-12-23(15-21)26-17-25(32-36-26)22(13-14-28(34)35)16-27(33)31-24(20(4)30)10-8-9-19(2)3;1-4-2-3-4/h9-10,17,21-23H,4,7-8,11-16,18H2,1-3,5-6H3,(H,31,33)(H,34,35);4H,2-3H2,1H3. The van der Waals surface area contributed by atoms with Gasteiger partial charge in [0, 0.05) is 30.7 Å². The maximum absolute atomic E-state index is 13.9. The number of hydrogen-bond acceptors (Lipinski definition) is 4. The first kappa shape index (κ1) is 33.5. The summed E-state index contributed by atoms with van der Waals surface area (Å²) in [6.45, 7) is 16.3. The molecule has 3 rings (SSSR count). The van der Waals surface area contributed by atoms with Gasteiger partial charge in [-0.25, -0.2) is 4.39 Å². The Hall–Kier alpha value is -2.70. The molecule has 7 heteroatoms. The van der Waals surface area contributed by atoms with E-state index < -0.39 is 23.6 Å². The Morgan fingerprint density at radius 3 is 2.48 bits per heavy atom. The number of halogens is 1. The van der Waals surface area contributed by atoms with Gasteiger partial charge in [0.2, 0.25) is 5.91 Å². The van der Waals surface area contributed by atoms with Crippen molar-refractivity contribution >= 4 is 11.9 Å². The molecule has 2 fully saturated rings. The summed E-state index contributed by atoms with van der Waals surface area (Å²) in [5.41, 5.74) is 2.01. The molecule has 40 heavy (non-hydrogen) atoms. The minimum atomic E-state index is -0.944. The second-order valence-electron chi connectivity index (χ2n) is 12.9. The molecule has 3 unspecified atom stereocenters. The zero-order valence-corrected chi connectivity index (χ0v) is 25.5. The van der Waals surface area contributed by atoms with Gasteiger partial charge in [0.15, 0.2) is 0 Å². The summed E-state index contributed by atoms with van der Waals surface area (Å²) >= 11 is 0. The SMILES string of the molecule is C=C(F)C(=CCC=C(C)C)NC(=O)CC(CCC(=O)O)c1cc(C2CCC(CC(C)(C)CC)C2)on1.CC1CC1. The molecule has 1 aromatic rings. The number of nitrogens with zero attached hydrogens (tertiary/aromatic N) is 1. The van der Waals surface area contributed by atoms with E-state index in [2.05, 4.69) is 44.7 Å². The monoisotopic (exact) mass is 558 g/mol. The zero-order valence-electron chi connectivity index (χ0n) is 25.5. The number of carbonyl (C=O) groups is 2. The Labute approximate surface area is 240 Å². The molecular formula is C33H51FN2O4. The molecule has 0 spiro atoms. The molecule has 2 N–H and O–H groups in total. The van der Waals surface area contributed by atoms with Gasteiger partial charge in [-0.2, -0.15) is 0 Å². The van der Waals surface area contributed by atoms with Crippen LogP contribution in [0.25, 0.3) is 0 Å². The van der Waals surface area contributed by atoms with Crippen LogP contribution in [0.3, 0.4) is 0 Å². The molecule has 0 bridgehead atoms. The van der Waals surface area contributed by atoms with Crippen LogP contribution in [0.5, 0.6) is 0 Å². The van der Waals surface area contributed by atoms with Gasteiger partial charge in [-0.05, 0) is 69.6 Å². The van der Waals surface area contributed by atoms with E-state index in [1.165, 1.54) is 19.3 Å². The average molecular weight is 559 g/mol. The first-order valence-corrected chi connectivity index (χ1v) is 15.0. The molecule has 2 aliphatic carbocycles. The Morgan fingerprint density at radius 1 is 1.25 bits per heavy atom. The summed E-state index contributed by atoms with van der Waals surface area (Å²) in [6, 6.07) is 1.89. The van der Waals surface area contributed by atoms with Crippen molar-refractivity contribution < 1.29 is 23.6 Å². The molecule has 1 aromatic heterocycles. The van der Waals surface area contributed by atoms with Gasteiger partial charge in [-0.15, -0.1) is 0 Å². The highest BCUT2D eigenvalue weighted by Crippen LogP contribution is 2.44. The Kier molecular flexibility index (Phi) is 13.3. The maximum Gasteiger partial charge on any atom is 0.303 e. The van der Waals surface area contributed by atoms with Gasteiger partial charge in [-0.3, -0.25) is 9.59 Å². The third-order valence-corrected chi connectivity index (χ3v) is 8.13. The molecule has 224 valence electrons. The van der Waals surface area contributed by atoms with E-state index in [-0.39, 0.29) is 30.9 Å². The fourth-order valence-corrected chi connectivity index (χ4v) is 5.02. The number of aliphatic carboxylic acids is 1. The van der Waals surface area contributed by atoms with Crippen molar-refractivity contribution in [3.8, 4) is 0 Å². The topological polar surface area (TPSA) is 92.4 Å². The van der Waals surface area contributed by atoms with Crippen LogP contribution in [0, 0.1) is 17.3 Å². The quantitative estimate of drug-likeness (QED) is 0.176. The molecule has 2 aliphatic rings. The number of aromatic nitrogens is 1. The van der Waals surface area contributed by atoms with Gasteiger partial charge < -0.3 is 14.9 Å². The Bertz CT molecular complexity index is 1050. The maximum atomic E-state index is 13.9. The molecule has 0 radical (unpaired) electrons. The number of rotatable bonds is 14. The summed E-state index contributed by atoms with van der Waals surface area (Å²) in [7, 11) is 0. The summed E-state index contributed by atoms with van der Waals surface area (Å²) in [5.74, 6) is 0.303. The first-order valence-electron chi connectivity index (χ1n) is 15.0. The van der Waals surface area contributed by atoms with E-state index in [9.17, 15) is 19.1 Å². The average Bonchev–Trinajstić information content (AvgIpc) is 3.30. The van der Waals surface area contributed by atoms with Crippen molar-refractivity contribution in [2.75, 3.05) is 0 Å². The van der Waals surface area contributed by atoms with Crippen LogP contribution < -0.4 is 5.32 Å². The molecule has 6 nitrogen and oxygen atoms in total. The van der Waals surface area contributed by atoms with Gasteiger partial charge in [-0.1, -0.05) is 76.4 Å². The summed E-state index contributed by atoms with van der Waals surface area (Å²) in [4.78, 5) is 24.0. The lowest BCUT2D eigenvalue weighted by Gasteiger charge is -2.26. The number of carboxylic acids is 1. The normalized spacial score (nSPS) is 19.8. The van der Waals surface area contributed by atoms with Crippen LogP contribution in [-0.2, 0) is 9.59 Å². The summed E-state index contributed by atoms with van der Waals surface area (Å²) in [6.07, 6.45) is 12.6. The molecule has 0 saturated heterocycles. The number of amides is 1. The van der Waals surface area contributed by atoms with Crippen molar-refractivity contribution in [3.63, 3.8) is 0 Å². The lowest BCUT2D eigenvalue weighted by Crippen LogP contribution is -2.25. The molecule has 2 saturated carbocycles. The van der Waals surface area contributed by atoms with E-state index in [1.54, 1.807) is 6.08 Å². The third kappa shape index (κ3) is 12.6. The summed E-state index contributed by atoms with van der Waals surface area (Å²) < 4.78 is 19.6. The van der Waals surface area contributed by atoms with Crippen LogP contribution in [0.4, 0.5) is 4.39 Å². The van der Waals surface area contributed by atoms with E-state index in [0.717, 1.165) is 42.9 Å². The fraction of sp³-hybridized carbons (Fsp3) is 0.667. The molecule has 1 heterocycles. The Morgan fingerprint density at radius 2 is 1.93 bits per heavy atom. The number of carboxylic acid groups (broad SMARTS) is 1. The Balaban J connectivity index is 0.00000128. The fourth-order valence-electron chi connectivity index (χ4n) is 5.02. The highest BCUT2D eigenvalue weighted by Gasteiger charge is 2.33. The zero-order chi connectivity index (χ0) is 29.9. The summed E-state index contributed by atoms with van der Waals surface area (Å²) in [5, 5.41) is 16.0. The highest BCUT2D eigenvalue weighted by molar-refractivity contribution is 5.79. The number of nitrogens with one attached hydrogen (secondary N) is 1. The number of hydrogen-bond donors (Lipinski definition) is 2. The van der Waals surface area contributed by atoms with E-state index in [4.69, 9.17) is 4.52 Å². The molecular weight excluding hydrogens is 507 g/mol. The van der Waals surface area contributed by atoms with E-state index in [0.29, 0.717) is 23.4 Å². The lowest BCUT2D eigenvalue weighted by molar-refractivity contribution is -0.137. The van der Waals surface area contributed by atoms with Crippen LogP contribution in [0.15, 0.2) is 46.4 Å². The van der Waals surface area contributed by atoms with Crippen molar-refractivity contribution in [1.29, 1.82) is 0 Å². The second kappa shape index (κ2) is 15.9. The van der Waals surface area contributed by atoms with Crippen LogP contribution >= 0.6 is 0 Å².